The fourth-order valence-electron chi connectivity index (χ4n) is 3.47. The average molecular weight is 352 g/mol. The summed E-state index contributed by atoms with van der Waals surface area (Å²) in [6, 6.07) is 9.06. The first-order valence-electron chi connectivity index (χ1n) is 8.32. The molecule has 2 aliphatic heterocycles. The van der Waals surface area contributed by atoms with Crippen molar-refractivity contribution >= 4 is 28.9 Å². The van der Waals surface area contributed by atoms with Gasteiger partial charge in [-0.3, -0.25) is 9.59 Å². The van der Waals surface area contributed by atoms with Crippen LogP contribution in [0.4, 0.5) is 17.1 Å². The zero-order chi connectivity index (χ0) is 18.6. The molecule has 7 heteroatoms. The lowest BCUT2D eigenvalue weighted by Crippen LogP contribution is -2.26. The van der Waals surface area contributed by atoms with Crippen LogP contribution >= 0.6 is 0 Å². The number of hydrogen-bond acceptors (Lipinski definition) is 5. The van der Waals surface area contributed by atoms with Crippen LogP contribution in [0.1, 0.15) is 41.5 Å². The van der Waals surface area contributed by atoms with E-state index in [1.807, 2.05) is 32.0 Å². The van der Waals surface area contributed by atoms with E-state index in [1.54, 1.807) is 19.2 Å². The number of fused-ring (bicyclic) bond motifs is 2. The lowest BCUT2D eigenvalue weighted by atomic mass is 9.86. The van der Waals surface area contributed by atoms with Crippen molar-refractivity contribution in [2.24, 2.45) is 5.73 Å². The van der Waals surface area contributed by atoms with Gasteiger partial charge in [0.15, 0.2) is 0 Å². The number of rotatable bonds is 3. The number of methoxy groups -OCH3 is 1. The van der Waals surface area contributed by atoms with Crippen LogP contribution in [0, 0.1) is 0 Å². The Kier molecular flexibility index (Phi) is 3.37. The van der Waals surface area contributed by atoms with Crippen LogP contribution in [-0.2, 0) is 10.2 Å². The van der Waals surface area contributed by atoms with Gasteiger partial charge in [-0.25, -0.2) is 0 Å². The Morgan fingerprint density at radius 2 is 1.81 bits per heavy atom. The molecule has 0 aliphatic carbocycles. The summed E-state index contributed by atoms with van der Waals surface area (Å²) in [4.78, 5) is 23.5. The number of nitrogens with one attached hydrogen (secondary N) is 3. The lowest BCUT2D eigenvalue weighted by molar-refractivity contribution is -0.119. The van der Waals surface area contributed by atoms with Gasteiger partial charge >= 0.3 is 0 Å². The van der Waals surface area contributed by atoms with Gasteiger partial charge in [-0.15, -0.1) is 0 Å². The molecule has 2 aromatic rings. The molecule has 0 spiro atoms. The normalized spacial score (nSPS) is 19.0. The Hall–Kier alpha value is -3.22. The van der Waals surface area contributed by atoms with Crippen LogP contribution in [0.25, 0.3) is 0 Å². The number of carbonyl (C=O) groups excluding carboxylic acids is 2. The zero-order valence-electron chi connectivity index (χ0n) is 14.8. The number of anilines is 3. The fraction of sp³-hybridized carbons (Fsp3) is 0.263. The quantitative estimate of drug-likeness (QED) is 0.679. The largest absolute Gasteiger partial charge is 0.496 e. The van der Waals surface area contributed by atoms with Crippen LogP contribution < -0.4 is 26.4 Å². The third-order valence-corrected chi connectivity index (χ3v) is 5.08. The van der Waals surface area contributed by atoms with Gasteiger partial charge in [0.2, 0.25) is 11.8 Å². The topological polar surface area (TPSA) is 105 Å². The van der Waals surface area contributed by atoms with Gasteiger partial charge < -0.3 is 26.4 Å². The van der Waals surface area contributed by atoms with E-state index in [-0.39, 0.29) is 12.1 Å². The number of hydrogen-bond donors (Lipinski definition) is 4. The third-order valence-electron chi connectivity index (χ3n) is 5.08. The Morgan fingerprint density at radius 1 is 1.12 bits per heavy atom. The summed E-state index contributed by atoms with van der Waals surface area (Å²) in [7, 11) is 1.55. The molecule has 2 heterocycles. The smallest absolute Gasteiger partial charge is 0.248 e. The first kappa shape index (κ1) is 16.3. The van der Waals surface area contributed by atoms with Gasteiger partial charge in [0.05, 0.1) is 23.9 Å². The van der Waals surface area contributed by atoms with Crippen molar-refractivity contribution in [3.63, 3.8) is 0 Å². The number of amides is 2. The number of benzene rings is 2. The molecule has 1 atom stereocenters. The molecule has 7 nitrogen and oxygen atoms in total. The van der Waals surface area contributed by atoms with Crippen LogP contribution in [0.5, 0.6) is 5.75 Å². The molecule has 0 saturated carbocycles. The molecule has 26 heavy (non-hydrogen) atoms. The molecular formula is C19H20N4O3. The maximum atomic E-state index is 12.1. The molecule has 1 unspecified atom stereocenters. The van der Waals surface area contributed by atoms with Crippen molar-refractivity contribution in [1.29, 1.82) is 0 Å². The van der Waals surface area contributed by atoms with Gasteiger partial charge in [-0.2, -0.15) is 0 Å². The second-order valence-corrected chi connectivity index (χ2v) is 7.07. The fourth-order valence-corrected chi connectivity index (χ4v) is 3.47. The van der Waals surface area contributed by atoms with E-state index in [1.165, 1.54) is 0 Å². The molecule has 0 bridgehead atoms. The minimum atomic E-state index is -0.565. The van der Waals surface area contributed by atoms with Crippen molar-refractivity contribution in [1.82, 2.24) is 0 Å². The maximum Gasteiger partial charge on any atom is 0.248 e. The van der Waals surface area contributed by atoms with Crippen LogP contribution in [0.2, 0.25) is 0 Å². The van der Waals surface area contributed by atoms with Crippen LogP contribution in [-0.4, -0.2) is 18.9 Å². The van der Waals surface area contributed by atoms with E-state index < -0.39 is 11.3 Å². The SMILES string of the molecule is COc1cc(C(N)=O)ccc1C1Nc2cc3c(cc2N1)C(C)(C)C(=O)N3. The lowest BCUT2D eigenvalue weighted by Gasteiger charge is -2.17. The number of carbonyl (C=O) groups is 2. The number of primary amides is 1. The van der Waals surface area contributed by atoms with Gasteiger partial charge in [-0.05, 0) is 43.7 Å². The predicted molar refractivity (Wildman–Crippen MR) is 99.6 cm³/mol. The monoisotopic (exact) mass is 352 g/mol. The Balaban J connectivity index is 1.69. The summed E-state index contributed by atoms with van der Waals surface area (Å²) in [6.07, 6.45) is -0.219. The Labute approximate surface area is 150 Å². The van der Waals surface area contributed by atoms with E-state index in [0.717, 1.165) is 28.2 Å². The molecule has 134 valence electrons. The van der Waals surface area contributed by atoms with E-state index in [0.29, 0.717) is 11.3 Å². The molecular weight excluding hydrogens is 332 g/mol. The van der Waals surface area contributed by atoms with Gasteiger partial charge in [0.1, 0.15) is 11.9 Å². The Morgan fingerprint density at radius 3 is 2.46 bits per heavy atom. The molecule has 0 aromatic heterocycles. The van der Waals surface area contributed by atoms with E-state index >= 15 is 0 Å². The highest BCUT2D eigenvalue weighted by molar-refractivity contribution is 6.07. The minimum Gasteiger partial charge on any atom is -0.496 e. The first-order chi connectivity index (χ1) is 12.3. The van der Waals surface area contributed by atoms with Crippen molar-refractivity contribution in [2.45, 2.75) is 25.4 Å². The van der Waals surface area contributed by atoms with E-state index in [4.69, 9.17) is 10.5 Å². The summed E-state index contributed by atoms with van der Waals surface area (Å²) < 4.78 is 5.43. The summed E-state index contributed by atoms with van der Waals surface area (Å²) in [5.41, 5.74) is 9.63. The van der Waals surface area contributed by atoms with E-state index in [9.17, 15) is 9.59 Å². The van der Waals surface area contributed by atoms with Gasteiger partial charge in [0, 0.05) is 16.8 Å². The summed E-state index contributed by atoms with van der Waals surface area (Å²) in [5.74, 6) is 0.0663. The van der Waals surface area contributed by atoms with Crippen molar-refractivity contribution in [2.75, 3.05) is 23.1 Å². The summed E-state index contributed by atoms with van der Waals surface area (Å²) >= 11 is 0. The second kappa shape index (κ2) is 5.39. The second-order valence-electron chi connectivity index (χ2n) is 7.07. The van der Waals surface area contributed by atoms with Crippen LogP contribution in [0.3, 0.4) is 0 Å². The predicted octanol–water partition coefficient (Wildman–Crippen LogP) is 2.56. The zero-order valence-corrected chi connectivity index (χ0v) is 14.8. The summed E-state index contributed by atoms with van der Waals surface area (Å²) in [6.45, 7) is 3.82. The third kappa shape index (κ3) is 2.28. The molecule has 0 saturated heterocycles. The highest BCUT2D eigenvalue weighted by atomic mass is 16.5. The van der Waals surface area contributed by atoms with Gasteiger partial charge in [-0.1, -0.05) is 6.07 Å². The van der Waals surface area contributed by atoms with Crippen LogP contribution in [0.15, 0.2) is 30.3 Å². The van der Waals surface area contributed by atoms with Crippen molar-refractivity contribution in [3.05, 3.63) is 47.0 Å². The summed E-state index contributed by atoms with van der Waals surface area (Å²) in [5, 5.41) is 9.73. The molecule has 2 amide bonds. The molecule has 0 radical (unpaired) electrons. The highest BCUT2D eigenvalue weighted by Gasteiger charge is 2.40. The maximum absolute atomic E-state index is 12.1. The van der Waals surface area contributed by atoms with Gasteiger partial charge in [0.25, 0.3) is 0 Å². The molecule has 0 fully saturated rings. The van der Waals surface area contributed by atoms with E-state index in [2.05, 4.69) is 16.0 Å². The Bertz CT molecular complexity index is 952. The minimum absolute atomic E-state index is 0.00330. The molecule has 2 aliphatic rings. The molecule has 4 rings (SSSR count). The standard InChI is InChI=1S/C19H20N4O3/c1-19(2)11-7-13-14(8-12(11)23-18(19)25)22-17(21-13)10-5-4-9(16(20)24)6-15(10)26-3/h4-8,17,21-22H,1-3H3,(H2,20,24)(H,23,25). The highest BCUT2D eigenvalue weighted by Crippen LogP contribution is 2.46. The number of ether oxygens (including phenoxy) is 1. The number of nitrogens with two attached hydrogens (primary N) is 1. The van der Waals surface area contributed by atoms with Crippen molar-refractivity contribution < 1.29 is 14.3 Å². The van der Waals surface area contributed by atoms with Crippen molar-refractivity contribution in [3.8, 4) is 5.75 Å². The first-order valence-corrected chi connectivity index (χ1v) is 8.32. The molecule has 2 aromatic carbocycles. The average Bonchev–Trinajstić information content (AvgIpc) is 3.11. The molecule has 5 N–H and O–H groups in total.